The smallest absolute Gasteiger partial charge is 0.417 e. The Kier molecular flexibility index (Phi) is 6.56. The standard InChI is InChI=1S/C16H16F5N5O5S/c1-29-10-6-22-15(30-2)26-13(10)23-14(24-26)25-32(27,28)12-8(16(19,20)21)4-3-5-9(12)31-7-11(17)18/h3-6,11,14,24-25H,7H2,1-2H3. The summed E-state index contributed by atoms with van der Waals surface area (Å²) in [5.74, 6) is -0.755. The fraction of sp³-hybridized carbons (Fsp3) is 0.375. The van der Waals surface area contributed by atoms with E-state index in [1.807, 2.05) is 4.72 Å². The van der Waals surface area contributed by atoms with Crippen molar-refractivity contribution in [2.75, 3.05) is 20.8 Å². The molecule has 1 aromatic rings. The van der Waals surface area contributed by atoms with Crippen molar-refractivity contribution in [1.82, 2.24) is 15.2 Å². The lowest BCUT2D eigenvalue weighted by molar-refractivity contribution is -0.140. The summed E-state index contributed by atoms with van der Waals surface area (Å²) < 4.78 is 108. The summed E-state index contributed by atoms with van der Waals surface area (Å²) >= 11 is 0. The third-order valence-electron chi connectivity index (χ3n) is 4.01. The van der Waals surface area contributed by atoms with Gasteiger partial charge in [-0.1, -0.05) is 6.07 Å². The fourth-order valence-corrected chi connectivity index (χ4v) is 4.15. The van der Waals surface area contributed by atoms with Crippen LogP contribution in [0.3, 0.4) is 0 Å². The molecule has 0 bridgehead atoms. The summed E-state index contributed by atoms with van der Waals surface area (Å²) in [4.78, 5) is 6.56. The number of benzene rings is 1. The minimum Gasteiger partial charge on any atom is -0.491 e. The summed E-state index contributed by atoms with van der Waals surface area (Å²) in [6, 6.07) is 2.12. The summed E-state index contributed by atoms with van der Waals surface area (Å²) in [6.45, 7) is -1.31. The van der Waals surface area contributed by atoms with Crippen molar-refractivity contribution in [3.63, 3.8) is 0 Å². The van der Waals surface area contributed by atoms with Gasteiger partial charge in [0.05, 0.1) is 26.0 Å². The van der Waals surface area contributed by atoms with Crippen LogP contribution in [0.15, 0.2) is 45.0 Å². The number of nitrogens with zero attached hydrogens (tertiary/aromatic N) is 3. The zero-order chi connectivity index (χ0) is 23.7. The van der Waals surface area contributed by atoms with E-state index in [-0.39, 0.29) is 17.6 Å². The van der Waals surface area contributed by atoms with Crippen LogP contribution in [0.1, 0.15) is 5.56 Å². The lowest BCUT2D eigenvalue weighted by Crippen LogP contribution is -2.51. The molecule has 0 radical (unpaired) electrons. The molecular formula is C16H16F5N5O5S. The minimum atomic E-state index is -5.12. The molecular weight excluding hydrogens is 469 g/mol. The van der Waals surface area contributed by atoms with Crippen LogP contribution in [0.25, 0.3) is 0 Å². The van der Waals surface area contributed by atoms with Crippen molar-refractivity contribution in [1.29, 1.82) is 0 Å². The van der Waals surface area contributed by atoms with E-state index in [0.29, 0.717) is 6.07 Å². The second-order valence-electron chi connectivity index (χ2n) is 6.09. The Morgan fingerprint density at radius 2 is 1.97 bits per heavy atom. The molecule has 2 N–H and O–H groups in total. The first-order valence-corrected chi connectivity index (χ1v) is 10.1. The highest BCUT2D eigenvalue weighted by Crippen LogP contribution is 2.39. The van der Waals surface area contributed by atoms with Gasteiger partial charge in [0, 0.05) is 0 Å². The third kappa shape index (κ3) is 4.76. The van der Waals surface area contributed by atoms with Gasteiger partial charge in [-0.2, -0.15) is 23.3 Å². The van der Waals surface area contributed by atoms with Crippen LogP contribution in [0.5, 0.6) is 5.75 Å². The molecule has 3 rings (SSSR count). The van der Waals surface area contributed by atoms with Crippen LogP contribution >= 0.6 is 0 Å². The Morgan fingerprint density at radius 3 is 2.56 bits per heavy atom. The largest absolute Gasteiger partial charge is 0.491 e. The predicted octanol–water partition coefficient (Wildman–Crippen LogP) is 1.63. The van der Waals surface area contributed by atoms with Crippen molar-refractivity contribution >= 4 is 21.9 Å². The van der Waals surface area contributed by atoms with Crippen molar-refractivity contribution in [2.24, 2.45) is 9.98 Å². The Hall–Kier alpha value is -2.98. The van der Waals surface area contributed by atoms with E-state index < -0.39 is 51.7 Å². The average molecular weight is 485 g/mol. The van der Waals surface area contributed by atoms with E-state index in [0.717, 1.165) is 17.1 Å². The number of sulfonamides is 1. The van der Waals surface area contributed by atoms with Gasteiger partial charge in [-0.15, -0.1) is 0 Å². The number of nitrogens with one attached hydrogen (secondary N) is 2. The summed E-state index contributed by atoms with van der Waals surface area (Å²) in [5.41, 5.74) is 0.932. The van der Waals surface area contributed by atoms with Crippen LogP contribution in [0.2, 0.25) is 0 Å². The lowest BCUT2D eigenvalue weighted by atomic mass is 10.2. The highest BCUT2D eigenvalue weighted by Gasteiger charge is 2.42. The summed E-state index contributed by atoms with van der Waals surface area (Å²) in [5, 5.41) is 1.11. The number of alkyl halides is 5. The molecule has 32 heavy (non-hydrogen) atoms. The number of amidine groups is 2. The number of ether oxygens (including phenoxy) is 3. The highest BCUT2D eigenvalue weighted by molar-refractivity contribution is 7.89. The second-order valence-corrected chi connectivity index (χ2v) is 7.74. The molecule has 1 unspecified atom stereocenters. The van der Waals surface area contributed by atoms with Gasteiger partial charge in [-0.3, -0.25) is 0 Å². The van der Waals surface area contributed by atoms with Gasteiger partial charge in [0.15, 0.2) is 17.9 Å². The number of hydrogen-bond donors (Lipinski definition) is 2. The maximum absolute atomic E-state index is 13.5. The number of hydrogen-bond acceptors (Lipinski definition) is 9. The number of methoxy groups -OCH3 is 2. The maximum Gasteiger partial charge on any atom is 0.417 e. The lowest BCUT2D eigenvalue weighted by Gasteiger charge is -2.24. The van der Waals surface area contributed by atoms with Crippen molar-refractivity contribution < 1.29 is 44.6 Å². The zero-order valence-corrected chi connectivity index (χ0v) is 17.2. The van der Waals surface area contributed by atoms with Crippen LogP contribution < -0.4 is 14.9 Å². The summed E-state index contributed by atoms with van der Waals surface area (Å²) in [6.07, 6.45) is -8.45. The molecule has 0 spiro atoms. The van der Waals surface area contributed by atoms with Crippen LogP contribution in [-0.2, 0) is 25.7 Å². The monoisotopic (exact) mass is 485 g/mol. The van der Waals surface area contributed by atoms with Crippen molar-refractivity contribution in [2.45, 2.75) is 23.8 Å². The van der Waals surface area contributed by atoms with E-state index in [4.69, 9.17) is 9.47 Å². The molecule has 1 aromatic carbocycles. The van der Waals surface area contributed by atoms with Crippen molar-refractivity contribution in [3.8, 4) is 5.75 Å². The van der Waals surface area contributed by atoms with Gasteiger partial charge in [-0.05, 0) is 12.1 Å². The van der Waals surface area contributed by atoms with Gasteiger partial charge < -0.3 is 14.2 Å². The SMILES string of the molecule is COC1=CN=C(OC)N2NC(NS(=O)(=O)c3c(OCC(F)F)cccc3C(F)(F)F)N=C12. The average Bonchev–Trinajstić information content (AvgIpc) is 3.13. The molecule has 0 saturated heterocycles. The van der Waals surface area contributed by atoms with Gasteiger partial charge in [0.2, 0.25) is 10.0 Å². The number of hydrazine groups is 1. The number of halogens is 5. The number of fused-ring (bicyclic) bond motifs is 1. The van der Waals surface area contributed by atoms with Gasteiger partial charge >= 0.3 is 12.2 Å². The van der Waals surface area contributed by atoms with E-state index in [1.54, 1.807) is 0 Å². The molecule has 2 heterocycles. The molecule has 0 fully saturated rings. The molecule has 1 atom stereocenters. The molecule has 2 aliphatic heterocycles. The van der Waals surface area contributed by atoms with Gasteiger partial charge in [-0.25, -0.2) is 32.2 Å². The van der Waals surface area contributed by atoms with Gasteiger partial charge in [0.25, 0.3) is 6.43 Å². The molecule has 2 aliphatic rings. The van der Waals surface area contributed by atoms with E-state index >= 15 is 0 Å². The predicted molar refractivity (Wildman–Crippen MR) is 99.0 cm³/mol. The quantitative estimate of drug-likeness (QED) is 0.565. The Bertz CT molecular complexity index is 1070. The first kappa shape index (κ1) is 23.7. The topological polar surface area (TPSA) is 114 Å². The van der Waals surface area contributed by atoms with E-state index in [1.165, 1.54) is 20.4 Å². The first-order chi connectivity index (χ1) is 15.0. The van der Waals surface area contributed by atoms with E-state index in [9.17, 15) is 30.4 Å². The molecule has 0 saturated carbocycles. The molecule has 0 amide bonds. The van der Waals surface area contributed by atoms with Gasteiger partial charge in [0.1, 0.15) is 17.3 Å². The first-order valence-electron chi connectivity index (χ1n) is 8.62. The zero-order valence-electron chi connectivity index (χ0n) is 16.4. The highest BCUT2D eigenvalue weighted by atomic mass is 32.2. The Balaban J connectivity index is 1.98. The number of aliphatic imine (C=N–C) groups is 2. The van der Waals surface area contributed by atoms with E-state index in [2.05, 4.69) is 20.1 Å². The molecule has 10 nitrogen and oxygen atoms in total. The normalized spacial score (nSPS) is 18.7. The fourth-order valence-electron chi connectivity index (χ4n) is 2.77. The molecule has 0 aliphatic carbocycles. The van der Waals surface area contributed by atoms with Crippen molar-refractivity contribution in [3.05, 3.63) is 35.7 Å². The molecule has 0 aromatic heterocycles. The Labute approximate surface area is 178 Å². The molecule has 16 heteroatoms. The third-order valence-corrected chi connectivity index (χ3v) is 5.50. The Morgan fingerprint density at radius 1 is 1.25 bits per heavy atom. The maximum atomic E-state index is 13.5. The molecule has 176 valence electrons. The minimum absolute atomic E-state index is 0.0327. The van der Waals surface area contributed by atoms with Crippen LogP contribution in [0.4, 0.5) is 22.0 Å². The second kappa shape index (κ2) is 8.87. The van der Waals surface area contributed by atoms with Crippen LogP contribution in [-0.4, -0.2) is 58.8 Å². The number of rotatable bonds is 7. The summed E-state index contributed by atoms with van der Waals surface area (Å²) in [7, 11) is -2.44. The van der Waals surface area contributed by atoms with Crippen LogP contribution in [0, 0.1) is 0 Å².